The van der Waals surface area contributed by atoms with Gasteiger partial charge in [0.1, 0.15) is 11.9 Å². The van der Waals surface area contributed by atoms with Crippen LogP contribution >= 0.6 is 15.9 Å². The van der Waals surface area contributed by atoms with Crippen molar-refractivity contribution in [3.8, 4) is 5.88 Å². The monoisotopic (exact) mass is 304 g/mol. The van der Waals surface area contributed by atoms with Gasteiger partial charge in [0, 0.05) is 18.9 Å². The average Bonchev–Trinajstić information content (AvgIpc) is 2.17. The molecule has 1 aromatic rings. The van der Waals surface area contributed by atoms with Gasteiger partial charge in [-0.1, -0.05) is 0 Å². The number of aromatic nitrogens is 1. The number of nitrogens with one attached hydrogen (secondary N) is 1. The van der Waals surface area contributed by atoms with Crippen molar-refractivity contribution in [2.75, 3.05) is 0 Å². The number of carboxylic acid groups (broad SMARTS) is 1. The number of nitrogens with zero attached hydrogens (tertiary/aromatic N) is 1. The Morgan fingerprint density at radius 2 is 2.35 bits per heavy atom. The fourth-order valence-electron chi connectivity index (χ4n) is 1.60. The van der Waals surface area contributed by atoms with Gasteiger partial charge in [-0.05, 0) is 22.0 Å². The van der Waals surface area contributed by atoms with Crippen LogP contribution in [0.3, 0.4) is 0 Å². The number of halogens is 2. The minimum Gasteiger partial charge on any atom is -0.473 e. The summed E-state index contributed by atoms with van der Waals surface area (Å²) < 4.78 is 18.7. The molecular weight excluding hydrogens is 295 g/mol. The van der Waals surface area contributed by atoms with Crippen LogP contribution in [0, 0.1) is 5.82 Å². The first-order valence-corrected chi connectivity index (χ1v) is 5.81. The minimum absolute atomic E-state index is 0.0725. The van der Waals surface area contributed by atoms with E-state index < -0.39 is 11.9 Å². The van der Waals surface area contributed by atoms with E-state index in [1.54, 1.807) is 0 Å². The second kappa shape index (κ2) is 4.87. The van der Waals surface area contributed by atoms with Crippen molar-refractivity contribution in [3.63, 3.8) is 0 Å². The molecule has 0 atom stereocenters. The molecule has 1 aromatic heterocycles. The van der Waals surface area contributed by atoms with Gasteiger partial charge in [0.15, 0.2) is 0 Å². The summed E-state index contributed by atoms with van der Waals surface area (Å²) in [5.74, 6) is -0.117. The number of hydrogen-bond acceptors (Lipinski definition) is 3. The van der Waals surface area contributed by atoms with E-state index in [9.17, 15) is 9.18 Å². The number of rotatable bonds is 3. The van der Waals surface area contributed by atoms with Crippen LogP contribution in [0.5, 0.6) is 5.88 Å². The Morgan fingerprint density at radius 1 is 1.65 bits per heavy atom. The van der Waals surface area contributed by atoms with Crippen LogP contribution in [0.1, 0.15) is 12.8 Å². The molecule has 0 aliphatic heterocycles. The first-order chi connectivity index (χ1) is 8.04. The van der Waals surface area contributed by atoms with Gasteiger partial charge in [-0.2, -0.15) is 0 Å². The number of ether oxygens (including phenoxy) is 1. The van der Waals surface area contributed by atoms with E-state index in [-0.39, 0.29) is 12.1 Å². The standard InChI is InChI=1S/C10H10BrFN2O3/c11-8-1-5(12)4-13-9(8)17-7-2-6(3-7)14-10(15)16/h1,4,6-7,14H,2-3H2,(H,15,16)/t6-,7-. The third-order valence-corrected chi connectivity index (χ3v) is 3.04. The number of amides is 1. The molecule has 0 unspecified atom stereocenters. The van der Waals surface area contributed by atoms with Gasteiger partial charge in [0.25, 0.3) is 0 Å². The van der Waals surface area contributed by atoms with Gasteiger partial charge < -0.3 is 15.2 Å². The lowest BCUT2D eigenvalue weighted by molar-refractivity contribution is 0.0784. The highest BCUT2D eigenvalue weighted by Gasteiger charge is 2.32. The maximum atomic E-state index is 12.8. The molecule has 0 spiro atoms. The Morgan fingerprint density at radius 3 is 2.94 bits per heavy atom. The van der Waals surface area contributed by atoms with Crippen LogP contribution in [-0.4, -0.2) is 28.3 Å². The van der Waals surface area contributed by atoms with Crippen molar-refractivity contribution < 1.29 is 19.0 Å². The fourth-order valence-corrected chi connectivity index (χ4v) is 2.02. The quantitative estimate of drug-likeness (QED) is 0.897. The molecule has 0 saturated heterocycles. The second-order valence-electron chi connectivity index (χ2n) is 3.80. The van der Waals surface area contributed by atoms with Crippen molar-refractivity contribution in [2.45, 2.75) is 25.0 Å². The Labute approximate surface area is 105 Å². The first kappa shape index (κ1) is 12.1. The highest BCUT2D eigenvalue weighted by Crippen LogP contribution is 2.29. The van der Waals surface area contributed by atoms with Gasteiger partial charge in [0.2, 0.25) is 5.88 Å². The van der Waals surface area contributed by atoms with Crippen LogP contribution in [0.25, 0.3) is 0 Å². The van der Waals surface area contributed by atoms with Gasteiger partial charge in [-0.25, -0.2) is 14.2 Å². The van der Waals surface area contributed by atoms with Crippen molar-refractivity contribution in [2.24, 2.45) is 0 Å². The Bertz CT molecular complexity index is 438. The average molecular weight is 305 g/mol. The Hall–Kier alpha value is -1.37. The zero-order valence-corrected chi connectivity index (χ0v) is 10.3. The largest absolute Gasteiger partial charge is 0.473 e. The lowest BCUT2D eigenvalue weighted by Crippen LogP contribution is -2.48. The molecule has 1 aliphatic carbocycles. The van der Waals surface area contributed by atoms with Crippen LogP contribution in [0.15, 0.2) is 16.7 Å². The minimum atomic E-state index is -1.03. The van der Waals surface area contributed by atoms with Crippen molar-refractivity contribution in [3.05, 3.63) is 22.6 Å². The van der Waals surface area contributed by atoms with Gasteiger partial charge >= 0.3 is 6.09 Å². The molecule has 0 aromatic carbocycles. The summed E-state index contributed by atoms with van der Waals surface area (Å²) in [7, 11) is 0. The summed E-state index contributed by atoms with van der Waals surface area (Å²) in [4.78, 5) is 14.2. The predicted molar refractivity (Wildman–Crippen MR) is 60.5 cm³/mol. The van der Waals surface area contributed by atoms with Gasteiger partial charge in [-0.3, -0.25) is 0 Å². The highest BCUT2D eigenvalue weighted by atomic mass is 79.9. The molecule has 92 valence electrons. The van der Waals surface area contributed by atoms with E-state index in [0.717, 1.165) is 6.20 Å². The fraction of sp³-hybridized carbons (Fsp3) is 0.400. The maximum absolute atomic E-state index is 12.8. The summed E-state index contributed by atoms with van der Waals surface area (Å²) in [6.07, 6.45) is 1.15. The summed E-state index contributed by atoms with van der Waals surface area (Å²) in [6, 6.07) is 1.20. The van der Waals surface area contributed by atoms with E-state index in [1.807, 2.05) is 0 Å². The van der Waals surface area contributed by atoms with Gasteiger partial charge in [-0.15, -0.1) is 0 Å². The third-order valence-electron chi connectivity index (χ3n) is 2.47. The number of pyridine rings is 1. The lowest BCUT2D eigenvalue weighted by atomic mass is 9.89. The van der Waals surface area contributed by atoms with Crippen LogP contribution < -0.4 is 10.1 Å². The Kier molecular flexibility index (Phi) is 3.46. The molecule has 7 heteroatoms. The topological polar surface area (TPSA) is 71.5 Å². The van der Waals surface area contributed by atoms with Gasteiger partial charge in [0.05, 0.1) is 10.7 Å². The highest BCUT2D eigenvalue weighted by molar-refractivity contribution is 9.10. The maximum Gasteiger partial charge on any atom is 0.404 e. The summed E-state index contributed by atoms with van der Waals surface area (Å²) in [5.41, 5.74) is 0. The molecule has 1 heterocycles. The van der Waals surface area contributed by atoms with E-state index in [2.05, 4.69) is 26.2 Å². The predicted octanol–water partition coefficient (Wildman–Crippen LogP) is 2.16. The zero-order chi connectivity index (χ0) is 12.4. The molecule has 0 bridgehead atoms. The van der Waals surface area contributed by atoms with Crippen LogP contribution in [0.4, 0.5) is 9.18 Å². The van der Waals surface area contributed by atoms with Crippen molar-refractivity contribution in [1.82, 2.24) is 10.3 Å². The molecule has 1 saturated carbocycles. The summed E-state index contributed by atoms with van der Waals surface area (Å²) in [6.45, 7) is 0. The summed E-state index contributed by atoms with van der Waals surface area (Å²) >= 11 is 3.15. The van der Waals surface area contributed by atoms with E-state index in [0.29, 0.717) is 23.2 Å². The molecule has 5 nitrogen and oxygen atoms in total. The third kappa shape index (κ3) is 3.06. The normalized spacial score (nSPS) is 22.7. The van der Waals surface area contributed by atoms with E-state index in [1.165, 1.54) is 6.07 Å². The zero-order valence-electron chi connectivity index (χ0n) is 8.69. The Balaban J connectivity index is 1.85. The number of hydrogen-bond donors (Lipinski definition) is 2. The molecular formula is C10H10BrFN2O3. The van der Waals surface area contributed by atoms with E-state index >= 15 is 0 Å². The van der Waals surface area contributed by atoms with Crippen molar-refractivity contribution in [1.29, 1.82) is 0 Å². The first-order valence-electron chi connectivity index (χ1n) is 5.02. The van der Waals surface area contributed by atoms with Crippen LogP contribution in [-0.2, 0) is 0 Å². The molecule has 1 aliphatic rings. The number of carbonyl (C=O) groups is 1. The SMILES string of the molecule is O=C(O)N[C@H]1C[C@H](Oc2ncc(F)cc2Br)C1. The van der Waals surface area contributed by atoms with E-state index in [4.69, 9.17) is 9.84 Å². The lowest BCUT2D eigenvalue weighted by Gasteiger charge is -2.34. The second-order valence-corrected chi connectivity index (χ2v) is 4.65. The van der Waals surface area contributed by atoms with Crippen molar-refractivity contribution >= 4 is 22.0 Å². The molecule has 17 heavy (non-hydrogen) atoms. The van der Waals surface area contributed by atoms with Crippen LogP contribution in [0.2, 0.25) is 0 Å². The summed E-state index contributed by atoms with van der Waals surface area (Å²) in [5, 5.41) is 10.8. The molecule has 2 rings (SSSR count). The molecule has 1 amide bonds. The molecule has 0 radical (unpaired) electrons. The smallest absolute Gasteiger partial charge is 0.404 e. The molecule has 2 N–H and O–H groups in total. The molecule has 1 fully saturated rings.